The zero-order valence-electron chi connectivity index (χ0n) is 7.97. The predicted octanol–water partition coefficient (Wildman–Crippen LogP) is 1.41. The van der Waals surface area contributed by atoms with Gasteiger partial charge in [-0.3, -0.25) is 4.79 Å². The van der Waals surface area contributed by atoms with Crippen molar-refractivity contribution < 1.29 is 9.90 Å². The number of hydrogen-bond acceptors (Lipinski definition) is 2. The molecule has 72 valence electrons. The highest BCUT2D eigenvalue weighted by atomic mass is 16.3. The average molecular weight is 173 g/mol. The lowest BCUT2D eigenvalue weighted by Gasteiger charge is -2.10. The molecular formula is C9H19NO2. The van der Waals surface area contributed by atoms with E-state index in [1.807, 2.05) is 0 Å². The Bertz CT molecular complexity index is 126. The van der Waals surface area contributed by atoms with Gasteiger partial charge < -0.3 is 10.4 Å². The molecule has 2 N–H and O–H groups in total. The van der Waals surface area contributed by atoms with E-state index in [9.17, 15) is 9.90 Å². The maximum atomic E-state index is 10.5. The highest BCUT2D eigenvalue weighted by molar-refractivity contribution is 5.72. The molecule has 0 aliphatic carbocycles. The highest BCUT2D eigenvalue weighted by Crippen LogP contribution is 2.03. The Labute approximate surface area is 74.2 Å². The molecule has 0 saturated carbocycles. The lowest BCUT2D eigenvalue weighted by atomic mass is 10.1. The lowest BCUT2D eigenvalue weighted by Crippen LogP contribution is -2.32. The summed E-state index contributed by atoms with van der Waals surface area (Å²) in [6.07, 6.45) is 4.52. The van der Waals surface area contributed by atoms with Crippen LogP contribution < -0.4 is 5.32 Å². The molecule has 0 aromatic heterocycles. The second-order valence-corrected chi connectivity index (χ2v) is 3.07. The molecule has 0 fully saturated rings. The smallest absolute Gasteiger partial charge is 0.218 e. The molecule has 3 nitrogen and oxygen atoms in total. The summed E-state index contributed by atoms with van der Waals surface area (Å²) >= 11 is 0. The van der Waals surface area contributed by atoms with Crippen LogP contribution in [0.5, 0.6) is 0 Å². The number of aliphatic hydroxyl groups is 1. The standard InChI is InChI=1S/C9H19NO2/c1-3-4-5-6-7-9(12)10-8(2)11/h9,12H,3-7H2,1-2H3,(H,10,11). The van der Waals surface area contributed by atoms with E-state index >= 15 is 0 Å². The molecule has 0 heterocycles. The van der Waals surface area contributed by atoms with Gasteiger partial charge in [-0.15, -0.1) is 0 Å². The first-order valence-electron chi connectivity index (χ1n) is 4.62. The maximum absolute atomic E-state index is 10.5. The van der Waals surface area contributed by atoms with Crippen molar-refractivity contribution in [3.8, 4) is 0 Å². The van der Waals surface area contributed by atoms with Gasteiger partial charge in [0.2, 0.25) is 5.91 Å². The fraction of sp³-hybridized carbons (Fsp3) is 0.889. The first-order valence-corrected chi connectivity index (χ1v) is 4.62. The number of carbonyl (C=O) groups is 1. The molecule has 12 heavy (non-hydrogen) atoms. The molecule has 0 bridgehead atoms. The number of rotatable bonds is 6. The Kier molecular flexibility index (Phi) is 6.76. The molecule has 0 aliphatic heterocycles. The summed E-state index contributed by atoms with van der Waals surface area (Å²) in [5.41, 5.74) is 0. The molecule has 0 aliphatic rings. The van der Waals surface area contributed by atoms with E-state index in [1.54, 1.807) is 0 Å². The Morgan fingerprint density at radius 3 is 2.58 bits per heavy atom. The van der Waals surface area contributed by atoms with Gasteiger partial charge in [0.1, 0.15) is 6.23 Å². The normalized spacial score (nSPS) is 12.6. The molecule has 0 radical (unpaired) electrons. The van der Waals surface area contributed by atoms with Crippen molar-refractivity contribution >= 4 is 5.91 Å². The molecular weight excluding hydrogens is 154 g/mol. The molecule has 0 saturated heterocycles. The number of unbranched alkanes of at least 4 members (excludes halogenated alkanes) is 3. The van der Waals surface area contributed by atoms with E-state index in [4.69, 9.17) is 0 Å². The van der Waals surface area contributed by atoms with Gasteiger partial charge in [-0.1, -0.05) is 26.2 Å². The molecule has 1 amide bonds. The molecule has 1 unspecified atom stereocenters. The predicted molar refractivity (Wildman–Crippen MR) is 48.6 cm³/mol. The summed E-state index contributed by atoms with van der Waals surface area (Å²) in [5, 5.41) is 11.6. The lowest BCUT2D eigenvalue weighted by molar-refractivity contribution is -0.122. The van der Waals surface area contributed by atoms with Crippen LogP contribution in [-0.2, 0) is 4.79 Å². The van der Waals surface area contributed by atoms with E-state index in [0.29, 0.717) is 6.42 Å². The number of hydrogen-bond donors (Lipinski definition) is 2. The zero-order chi connectivity index (χ0) is 9.40. The number of amides is 1. The molecule has 0 rings (SSSR count). The Balaban J connectivity index is 3.19. The third kappa shape index (κ3) is 7.54. The monoisotopic (exact) mass is 173 g/mol. The van der Waals surface area contributed by atoms with Gasteiger partial charge in [-0.25, -0.2) is 0 Å². The first kappa shape index (κ1) is 11.4. The summed E-state index contributed by atoms with van der Waals surface area (Å²) in [5.74, 6) is -0.169. The fourth-order valence-electron chi connectivity index (χ4n) is 1.07. The van der Waals surface area contributed by atoms with Crippen molar-refractivity contribution in [3.63, 3.8) is 0 Å². The Hall–Kier alpha value is -0.570. The highest BCUT2D eigenvalue weighted by Gasteiger charge is 2.03. The fourth-order valence-corrected chi connectivity index (χ4v) is 1.07. The Morgan fingerprint density at radius 1 is 1.42 bits per heavy atom. The summed E-state index contributed by atoms with van der Waals surface area (Å²) in [7, 11) is 0. The quantitative estimate of drug-likeness (QED) is 0.471. The van der Waals surface area contributed by atoms with Gasteiger partial charge in [0, 0.05) is 6.92 Å². The van der Waals surface area contributed by atoms with Crippen molar-refractivity contribution in [1.29, 1.82) is 0 Å². The van der Waals surface area contributed by atoms with E-state index in [-0.39, 0.29) is 5.91 Å². The van der Waals surface area contributed by atoms with Gasteiger partial charge in [-0.2, -0.15) is 0 Å². The first-order chi connectivity index (χ1) is 5.66. The van der Waals surface area contributed by atoms with Gasteiger partial charge in [0.05, 0.1) is 0 Å². The van der Waals surface area contributed by atoms with Gasteiger partial charge in [0.15, 0.2) is 0 Å². The van der Waals surface area contributed by atoms with Crippen molar-refractivity contribution in [1.82, 2.24) is 5.32 Å². The molecule has 3 heteroatoms. The van der Waals surface area contributed by atoms with Crippen molar-refractivity contribution in [2.45, 2.75) is 52.2 Å². The molecule has 0 aromatic rings. The number of carbonyl (C=O) groups excluding carboxylic acids is 1. The van der Waals surface area contributed by atoms with Crippen LogP contribution in [0.1, 0.15) is 46.0 Å². The second-order valence-electron chi connectivity index (χ2n) is 3.07. The van der Waals surface area contributed by atoms with E-state index in [2.05, 4.69) is 12.2 Å². The SMILES string of the molecule is CCCCCCC(O)NC(C)=O. The number of aliphatic hydroxyl groups excluding tert-OH is 1. The zero-order valence-corrected chi connectivity index (χ0v) is 7.97. The van der Waals surface area contributed by atoms with E-state index in [0.717, 1.165) is 12.8 Å². The third-order valence-corrected chi connectivity index (χ3v) is 1.70. The van der Waals surface area contributed by atoms with Gasteiger partial charge >= 0.3 is 0 Å². The van der Waals surface area contributed by atoms with Crippen LogP contribution in [-0.4, -0.2) is 17.2 Å². The summed E-state index contributed by atoms with van der Waals surface area (Å²) in [6.45, 7) is 3.56. The average Bonchev–Trinajstić information content (AvgIpc) is 1.97. The summed E-state index contributed by atoms with van der Waals surface area (Å²) in [6, 6.07) is 0. The van der Waals surface area contributed by atoms with Gasteiger partial charge in [0.25, 0.3) is 0 Å². The largest absolute Gasteiger partial charge is 0.374 e. The van der Waals surface area contributed by atoms with E-state index < -0.39 is 6.23 Å². The topological polar surface area (TPSA) is 49.3 Å². The number of nitrogens with one attached hydrogen (secondary N) is 1. The van der Waals surface area contributed by atoms with Gasteiger partial charge in [-0.05, 0) is 12.8 Å². The van der Waals surface area contributed by atoms with Crippen molar-refractivity contribution in [3.05, 3.63) is 0 Å². The summed E-state index contributed by atoms with van der Waals surface area (Å²) in [4.78, 5) is 10.5. The van der Waals surface area contributed by atoms with Crippen LogP contribution in [0.2, 0.25) is 0 Å². The van der Waals surface area contributed by atoms with Crippen molar-refractivity contribution in [2.75, 3.05) is 0 Å². The van der Waals surface area contributed by atoms with Crippen LogP contribution in [0.15, 0.2) is 0 Å². The van der Waals surface area contributed by atoms with E-state index in [1.165, 1.54) is 19.8 Å². The minimum Gasteiger partial charge on any atom is -0.374 e. The van der Waals surface area contributed by atoms with Crippen LogP contribution in [0.25, 0.3) is 0 Å². The minimum absolute atomic E-state index is 0.169. The van der Waals surface area contributed by atoms with Crippen LogP contribution >= 0.6 is 0 Å². The minimum atomic E-state index is -0.653. The molecule has 0 spiro atoms. The third-order valence-electron chi connectivity index (χ3n) is 1.70. The molecule has 1 atom stereocenters. The Morgan fingerprint density at radius 2 is 2.08 bits per heavy atom. The van der Waals surface area contributed by atoms with Crippen molar-refractivity contribution in [2.24, 2.45) is 0 Å². The second kappa shape index (κ2) is 7.10. The van der Waals surface area contributed by atoms with Crippen LogP contribution in [0.4, 0.5) is 0 Å². The maximum Gasteiger partial charge on any atom is 0.218 e. The molecule has 0 aromatic carbocycles. The summed E-state index contributed by atoms with van der Waals surface area (Å²) < 4.78 is 0. The van der Waals surface area contributed by atoms with Crippen LogP contribution in [0.3, 0.4) is 0 Å². The van der Waals surface area contributed by atoms with Crippen LogP contribution in [0, 0.1) is 0 Å².